The highest BCUT2D eigenvalue weighted by Crippen LogP contribution is 2.12. The molecule has 6 heteroatoms. The zero-order valence-electron chi connectivity index (χ0n) is 8.49. The molecule has 0 bridgehead atoms. The fourth-order valence-electron chi connectivity index (χ4n) is 1.95. The van der Waals surface area contributed by atoms with Crippen molar-refractivity contribution in [1.82, 2.24) is 15.5 Å². The van der Waals surface area contributed by atoms with E-state index in [0.717, 1.165) is 19.5 Å². The van der Waals surface area contributed by atoms with Crippen LogP contribution in [0.4, 0.5) is 0 Å². The summed E-state index contributed by atoms with van der Waals surface area (Å²) in [4.78, 5) is 24.6. The van der Waals surface area contributed by atoms with Gasteiger partial charge in [-0.15, -0.1) is 12.4 Å². The summed E-state index contributed by atoms with van der Waals surface area (Å²) in [5.74, 6) is 0.168. The van der Waals surface area contributed by atoms with Gasteiger partial charge in [-0.2, -0.15) is 0 Å². The predicted octanol–water partition coefficient (Wildman–Crippen LogP) is -1.02. The van der Waals surface area contributed by atoms with Gasteiger partial charge in [0.15, 0.2) is 0 Å². The number of rotatable bonds is 1. The third-order valence-electron chi connectivity index (χ3n) is 2.76. The molecule has 2 aliphatic rings. The molecule has 2 aliphatic heterocycles. The average Bonchev–Trinajstić information content (AvgIpc) is 2.69. The van der Waals surface area contributed by atoms with Crippen LogP contribution < -0.4 is 10.6 Å². The number of amides is 2. The Kier molecular flexibility index (Phi) is 4.35. The van der Waals surface area contributed by atoms with E-state index in [1.807, 2.05) is 0 Å². The molecule has 2 amide bonds. The number of nitrogens with zero attached hydrogens (tertiary/aromatic N) is 1. The van der Waals surface area contributed by atoms with E-state index >= 15 is 0 Å². The van der Waals surface area contributed by atoms with Crippen molar-refractivity contribution in [1.29, 1.82) is 0 Å². The van der Waals surface area contributed by atoms with Crippen molar-refractivity contribution < 1.29 is 9.59 Å². The van der Waals surface area contributed by atoms with Crippen molar-refractivity contribution in [3.63, 3.8) is 0 Å². The lowest BCUT2D eigenvalue weighted by Crippen LogP contribution is -2.51. The van der Waals surface area contributed by atoms with Gasteiger partial charge in [-0.3, -0.25) is 9.59 Å². The number of nitrogens with one attached hydrogen (secondary N) is 2. The molecule has 0 aromatic heterocycles. The molecule has 2 saturated heterocycles. The summed E-state index contributed by atoms with van der Waals surface area (Å²) < 4.78 is 0. The normalized spacial score (nSPS) is 25.7. The van der Waals surface area contributed by atoms with Crippen LogP contribution in [0.5, 0.6) is 0 Å². The molecule has 0 saturated carbocycles. The maximum absolute atomic E-state index is 11.9. The van der Waals surface area contributed by atoms with Crippen molar-refractivity contribution in [2.75, 3.05) is 32.7 Å². The number of halogens is 1. The van der Waals surface area contributed by atoms with Crippen LogP contribution in [0.15, 0.2) is 0 Å². The van der Waals surface area contributed by atoms with Crippen LogP contribution in [0, 0.1) is 5.92 Å². The van der Waals surface area contributed by atoms with Crippen LogP contribution in [-0.2, 0) is 9.59 Å². The maximum atomic E-state index is 11.9. The molecule has 2 heterocycles. The highest BCUT2D eigenvalue weighted by atomic mass is 35.5. The van der Waals surface area contributed by atoms with Gasteiger partial charge >= 0.3 is 0 Å². The smallest absolute Gasteiger partial charge is 0.239 e. The highest BCUT2D eigenvalue weighted by Gasteiger charge is 2.29. The van der Waals surface area contributed by atoms with Gasteiger partial charge in [0.05, 0.1) is 12.5 Å². The van der Waals surface area contributed by atoms with Gasteiger partial charge < -0.3 is 15.5 Å². The number of carbonyl (C=O) groups excluding carboxylic acids is 2. The van der Waals surface area contributed by atoms with E-state index in [0.29, 0.717) is 13.1 Å². The Morgan fingerprint density at radius 2 is 2.20 bits per heavy atom. The van der Waals surface area contributed by atoms with Crippen molar-refractivity contribution in [3.8, 4) is 0 Å². The fourth-order valence-corrected chi connectivity index (χ4v) is 1.95. The van der Waals surface area contributed by atoms with E-state index in [2.05, 4.69) is 10.6 Å². The molecule has 5 nitrogen and oxygen atoms in total. The molecule has 0 spiro atoms. The third kappa shape index (κ3) is 2.82. The highest BCUT2D eigenvalue weighted by molar-refractivity contribution is 5.87. The Morgan fingerprint density at radius 3 is 2.80 bits per heavy atom. The summed E-state index contributed by atoms with van der Waals surface area (Å²) in [5.41, 5.74) is 0. The molecule has 0 unspecified atom stereocenters. The molecule has 2 rings (SSSR count). The van der Waals surface area contributed by atoms with Crippen LogP contribution in [0.3, 0.4) is 0 Å². The van der Waals surface area contributed by atoms with Crippen LogP contribution in [0.25, 0.3) is 0 Å². The second-order valence-electron chi connectivity index (χ2n) is 3.80. The monoisotopic (exact) mass is 233 g/mol. The Hall–Kier alpha value is -0.810. The van der Waals surface area contributed by atoms with Crippen molar-refractivity contribution in [2.45, 2.75) is 6.42 Å². The Bertz CT molecular complexity index is 254. The summed E-state index contributed by atoms with van der Waals surface area (Å²) in [6, 6.07) is 0. The van der Waals surface area contributed by atoms with E-state index in [1.165, 1.54) is 0 Å². The molecule has 1 atom stereocenters. The second kappa shape index (κ2) is 5.32. The van der Waals surface area contributed by atoms with Crippen molar-refractivity contribution in [3.05, 3.63) is 0 Å². The number of hydrogen-bond donors (Lipinski definition) is 2. The van der Waals surface area contributed by atoms with E-state index in [-0.39, 0.29) is 36.7 Å². The SMILES string of the molecule is Cl.O=C1CN(C(=O)[C@@H]2CCNC2)CCN1. The lowest BCUT2D eigenvalue weighted by molar-refractivity contribution is -0.140. The standard InChI is InChI=1S/C9H15N3O2.ClH/c13-8-6-12(4-3-11-8)9(14)7-1-2-10-5-7;/h7,10H,1-6H2,(H,11,13);1H/t7-;/m1./s1. The van der Waals surface area contributed by atoms with Gasteiger partial charge in [0, 0.05) is 19.6 Å². The summed E-state index contributed by atoms with van der Waals surface area (Å²) in [7, 11) is 0. The van der Waals surface area contributed by atoms with Crippen LogP contribution in [-0.4, -0.2) is 49.4 Å². The van der Waals surface area contributed by atoms with Gasteiger partial charge in [-0.25, -0.2) is 0 Å². The lowest BCUT2D eigenvalue weighted by atomic mass is 10.1. The first kappa shape index (κ1) is 12.3. The molecule has 2 fully saturated rings. The first-order valence-electron chi connectivity index (χ1n) is 5.03. The van der Waals surface area contributed by atoms with Gasteiger partial charge in [-0.05, 0) is 13.0 Å². The summed E-state index contributed by atoms with van der Waals surface area (Å²) in [6.07, 6.45) is 0.900. The van der Waals surface area contributed by atoms with Crippen molar-refractivity contribution >= 4 is 24.2 Å². The molecule has 15 heavy (non-hydrogen) atoms. The Morgan fingerprint density at radius 1 is 1.40 bits per heavy atom. The molecule has 0 aromatic carbocycles. The fraction of sp³-hybridized carbons (Fsp3) is 0.778. The zero-order chi connectivity index (χ0) is 9.97. The molecule has 2 N–H and O–H groups in total. The van der Waals surface area contributed by atoms with Gasteiger partial charge in [0.25, 0.3) is 0 Å². The molecule has 0 aromatic rings. The number of carbonyl (C=O) groups is 2. The van der Waals surface area contributed by atoms with E-state index in [1.54, 1.807) is 4.90 Å². The van der Waals surface area contributed by atoms with Crippen LogP contribution >= 0.6 is 12.4 Å². The Balaban J connectivity index is 0.00000112. The van der Waals surface area contributed by atoms with Gasteiger partial charge in [-0.1, -0.05) is 0 Å². The zero-order valence-corrected chi connectivity index (χ0v) is 9.31. The lowest BCUT2D eigenvalue weighted by Gasteiger charge is -2.28. The molecule has 86 valence electrons. The summed E-state index contributed by atoms with van der Waals surface area (Å²) >= 11 is 0. The van der Waals surface area contributed by atoms with Crippen molar-refractivity contribution in [2.24, 2.45) is 5.92 Å². The first-order chi connectivity index (χ1) is 6.77. The minimum absolute atomic E-state index is 0. The Labute approximate surface area is 95.0 Å². The minimum Gasteiger partial charge on any atom is -0.353 e. The van der Waals surface area contributed by atoms with Gasteiger partial charge in [0.2, 0.25) is 11.8 Å². The summed E-state index contributed by atoms with van der Waals surface area (Å²) in [6.45, 7) is 3.15. The maximum Gasteiger partial charge on any atom is 0.239 e. The van der Waals surface area contributed by atoms with E-state index < -0.39 is 0 Å². The molecule has 0 radical (unpaired) electrons. The quantitative estimate of drug-likeness (QED) is 0.609. The number of piperazine rings is 1. The van der Waals surface area contributed by atoms with Gasteiger partial charge in [0.1, 0.15) is 0 Å². The topological polar surface area (TPSA) is 61.4 Å². The molecular weight excluding hydrogens is 218 g/mol. The van der Waals surface area contributed by atoms with E-state index in [4.69, 9.17) is 0 Å². The molecular formula is C9H16ClN3O2. The predicted molar refractivity (Wildman–Crippen MR) is 57.8 cm³/mol. The third-order valence-corrected chi connectivity index (χ3v) is 2.76. The summed E-state index contributed by atoms with van der Waals surface area (Å²) in [5, 5.41) is 5.86. The number of hydrogen-bond acceptors (Lipinski definition) is 3. The first-order valence-corrected chi connectivity index (χ1v) is 5.03. The second-order valence-corrected chi connectivity index (χ2v) is 3.80. The minimum atomic E-state index is -0.0458. The molecule has 0 aliphatic carbocycles. The van der Waals surface area contributed by atoms with E-state index in [9.17, 15) is 9.59 Å². The van der Waals surface area contributed by atoms with Crippen LogP contribution in [0.1, 0.15) is 6.42 Å². The average molecular weight is 234 g/mol. The largest absolute Gasteiger partial charge is 0.353 e. The van der Waals surface area contributed by atoms with Crippen LogP contribution in [0.2, 0.25) is 0 Å².